The molecule has 3 heteroatoms. The quantitative estimate of drug-likeness (QED) is 0.775. The molecule has 0 aromatic heterocycles. The molecule has 3 nitrogen and oxygen atoms in total. The normalized spacial score (nSPS) is 35.3. The first-order valence-electron chi connectivity index (χ1n) is 10.9. The lowest BCUT2D eigenvalue weighted by molar-refractivity contribution is -0.0930. The fourth-order valence-corrected chi connectivity index (χ4v) is 6.22. The minimum Gasteiger partial charge on any atom is -0.399 e. The Kier molecular flexibility index (Phi) is 4.48. The Hall–Kier alpha value is -1.84. The van der Waals surface area contributed by atoms with Crippen molar-refractivity contribution in [1.82, 2.24) is 4.90 Å². The molecular weight excluding hydrogens is 344 g/mol. The van der Waals surface area contributed by atoms with Crippen LogP contribution in [0.25, 0.3) is 0 Å². The molecule has 3 N–H and O–H groups in total. The number of hydrogen-bond acceptors (Lipinski definition) is 3. The smallest absolute Gasteiger partial charge is 0.0785 e. The van der Waals surface area contributed by atoms with E-state index >= 15 is 0 Å². The second-order valence-corrected chi connectivity index (χ2v) is 9.62. The molecule has 3 aliphatic rings. The van der Waals surface area contributed by atoms with E-state index in [9.17, 15) is 5.11 Å². The SMILES string of the molecule is Nc1cccc(C23CCCC(C2)N(CC2(O)CC(c4ccccc4)C2)CC3)c1. The molecule has 2 aromatic rings. The molecule has 3 fully saturated rings. The Balaban J connectivity index is 1.25. The van der Waals surface area contributed by atoms with E-state index in [0.29, 0.717) is 17.4 Å². The second kappa shape index (κ2) is 6.89. The number of hydrogen-bond donors (Lipinski definition) is 2. The zero-order chi connectivity index (χ0) is 19.2. The van der Waals surface area contributed by atoms with Crippen LogP contribution in [0.1, 0.15) is 62.0 Å². The van der Waals surface area contributed by atoms with Crippen LogP contribution in [0.2, 0.25) is 0 Å². The minimum absolute atomic E-state index is 0.295. The summed E-state index contributed by atoms with van der Waals surface area (Å²) < 4.78 is 0. The van der Waals surface area contributed by atoms with Crippen LogP contribution < -0.4 is 5.73 Å². The number of piperidine rings is 1. The highest BCUT2D eigenvalue weighted by atomic mass is 16.3. The molecule has 2 saturated carbocycles. The summed E-state index contributed by atoms with van der Waals surface area (Å²) in [5.74, 6) is 0.522. The lowest BCUT2D eigenvalue weighted by Crippen LogP contribution is -2.58. The summed E-state index contributed by atoms with van der Waals surface area (Å²) in [6.45, 7) is 1.94. The van der Waals surface area contributed by atoms with Gasteiger partial charge in [-0.25, -0.2) is 0 Å². The fourth-order valence-electron chi connectivity index (χ4n) is 6.22. The van der Waals surface area contributed by atoms with Crippen LogP contribution in [0, 0.1) is 0 Å². The molecule has 5 rings (SSSR count). The summed E-state index contributed by atoms with van der Waals surface area (Å²) in [5, 5.41) is 11.2. The molecule has 2 aliphatic carbocycles. The van der Waals surface area contributed by atoms with Crippen molar-refractivity contribution in [3.8, 4) is 0 Å². The van der Waals surface area contributed by atoms with Crippen molar-refractivity contribution in [1.29, 1.82) is 0 Å². The number of nitrogen functional groups attached to an aromatic ring is 1. The van der Waals surface area contributed by atoms with Gasteiger partial charge in [-0.3, -0.25) is 4.90 Å². The Morgan fingerprint density at radius 1 is 1.00 bits per heavy atom. The molecule has 28 heavy (non-hydrogen) atoms. The molecule has 0 radical (unpaired) electrons. The van der Waals surface area contributed by atoms with Crippen molar-refractivity contribution >= 4 is 5.69 Å². The van der Waals surface area contributed by atoms with Gasteiger partial charge in [-0.2, -0.15) is 0 Å². The first-order valence-corrected chi connectivity index (χ1v) is 10.9. The number of β-amino-alcohol motifs (C(OH)–C–C–N with tert-alkyl or cyclic N) is 1. The van der Waals surface area contributed by atoms with Crippen LogP contribution in [0.15, 0.2) is 54.6 Å². The van der Waals surface area contributed by atoms with Crippen LogP contribution in [-0.2, 0) is 5.41 Å². The van der Waals surface area contributed by atoms with Gasteiger partial charge in [0.1, 0.15) is 0 Å². The van der Waals surface area contributed by atoms with Crippen molar-refractivity contribution in [2.45, 2.75) is 67.9 Å². The van der Waals surface area contributed by atoms with Gasteiger partial charge in [0.15, 0.2) is 0 Å². The van der Waals surface area contributed by atoms with Crippen LogP contribution in [0.4, 0.5) is 5.69 Å². The maximum atomic E-state index is 11.2. The molecule has 1 saturated heterocycles. The number of benzene rings is 2. The van der Waals surface area contributed by atoms with Gasteiger partial charge >= 0.3 is 0 Å². The summed E-state index contributed by atoms with van der Waals surface area (Å²) >= 11 is 0. The Morgan fingerprint density at radius 2 is 1.82 bits per heavy atom. The largest absolute Gasteiger partial charge is 0.399 e. The van der Waals surface area contributed by atoms with E-state index in [-0.39, 0.29) is 0 Å². The molecule has 2 aromatic carbocycles. The molecule has 1 heterocycles. The van der Waals surface area contributed by atoms with Crippen LogP contribution in [0.3, 0.4) is 0 Å². The molecule has 2 bridgehead atoms. The van der Waals surface area contributed by atoms with Crippen molar-refractivity contribution < 1.29 is 5.11 Å². The minimum atomic E-state index is -0.505. The number of nitrogens with two attached hydrogens (primary N) is 1. The lowest BCUT2D eigenvalue weighted by atomic mass is 9.62. The van der Waals surface area contributed by atoms with Crippen molar-refractivity contribution in [3.05, 3.63) is 65.7 Å². The molecule has 2 unspecified atom stereocenters. The van der Waals surface area contributed by atoms with Gasteiger partial charge in [0.2, 0.25) is 0 Å². The van der Waals surface area contributed by atoms with Gasteiger partial charge in [-0.1, -0.05) is 48.9 Å². The maximum absolute atomic E-state index is 11.2. The molecule has 2 atom stereocenters. The zero-order valence-corrected chi connectivity index (χ0v) is 16.7. The third-order valence-corrected chi connectivity index (χ3v) is 7.73. The van der Waals surface area contributed by atoms with E-state index in [0.717, 1.165) is 31.6 Å². The van der Waals surface area contributed by atoms with Crippen LogP contribution >= 0.6 is 0 Å². The lowest BCUT2D eigenvalue weighted by Gasteiger charge is -2.54. The monoisotopic (exact) mass is 376 g/mol. The Labute approximate surface area is 168 Å². The zero-order valence-electron chi connectivity index (χ0n) is 16.7. The van der Waals surface area contributed by atoms with Crippen LogP contribution in [-0.4, -0.2) is 34.7 Å². The topological polar surface area (TPSA) is 49.5 Å². The van der Waals surface area contributed by atoms with Gasteiger partial charge < -0.3 is 10.8 Å². The molecular formula is C25H32N2O. The fraction of sp³-hybridized carbons (Fsp3) is 0.520. The number of nitrogens with zero attached hydrogens (tertiary/aromatic N) is 1. The second-order valence-electron chi connectivity index (χ2n) is 9.62. The Bertz CT molecular complexity index is 829. The van der Waals surface area contributed by atoms with Gasteiger partial charge in [0.05, 0.1) is 5.60 Å². The Morgan fingerprint density at radius 3 is 2.61 bits per heavy atom. The van der Waals surface area contributed by atoms with Crippen molar-refractivity contribution in [3.63, 3.8) is 0 Å². The third kappa shape index (κ3) is 3.25. The van der Waals surface area contributed by atoms with E-state index in [2.05, 4.69) is 53.4 Å². The molecule has 0 spiro atoms. The summed E-state index contributed by atoms with van der Waals surface area (Å²) in [6, 6.07) is 19.9. The standard InChI is InChI=1S/C25H32N2O/c26-22-9-4-8-21(14-22)24-11-5-10-23(17-24)27(13-12-24)18-25(28)15-20(16-25)19-6-2-1-3-7-19/h1-4,6-9,14,20,23,28H,5,10-13,15-18,26H2. The third-order valence-electron chi connectivity index (χ3n) is 7.73. The predicted octanol–water partition coefficient (Wildman–Crippen LogP) is 4.46. The summed E-state index contributed by atoms with van der Waals surface area (Å²) in [4.78, 5) is 2.60. The maximum Gasteiger partial charge on any atom is 0.0785 e. The predicted molar refractivity (Wildman–Crippen MR) is 114 cm³/mol. The van der Waals surface area contributed by atoms with E-state index in [1.165, 1.54) is 43.2 Å². The number of rotatable bonds is 4. The summed E-state index contributed by atoms with van der Waals surface area (Å²) in [7, 11) is 0. The highest BCUT2D eigenvalue weighted by molar-refractivity contribution is 5.44. The average Bonchev–Trinajstić information content (AvgIpc) is 2.69. The number of likely N-dealkylation sites (tertiary alicyclic amines) is 1. The summed E-state index contributed by atoms with van der Waals surface area (Å²) in [6.07, 6.45) is 8.03. The molecule has 0 amide bonds. The highest BCUT2D eigenvalue weighted by Gasteiger charge is 2.49. The van der Waals surface area contributed by atoms with E-state index in [1.54, 1.807) is 0 Å². The number of aliphatic hydroxyl groups is 1. The van der Waals surface area contributed by atoms with Gasteiger partial charge in [-0.05, 0) is 79.7 Å². The highest BCUT2D eigenvalue weighted by Crippen LogP contribution is 2.50. The van der Waals surface area contributed by atoms with Gasteiger partial charge in [-0.15, -0.1) is 0 Å². The number of anilines is 1. The first kappa shape index (κ1) is 18.2. The number of fused-ring (bicyclic) bond motifs is 2. The first-order chi connectivity index (χ1) is 13.6. The molecule has 148 valence electrons. The van der Waals surface area contributed by atoms with E-state index < -0.39 is 5.60 Å². The molecule has 1 aliphatic heterocycles. The van der Waals surface area contributed by atoms with Gasteiger partial charge in [0, 0.05) is 18.3 Å². The van der Waals surface area contributed by atoms with E-state index in [4.69, 9.17) is 5.73 Å². The summed E-state index contributed by atoms with van der Waals surface area (Å²) in [5.41, 5.74) is 9.57. The van der Waals surface area contributed by atoms with Crippen molar-refractivity contribution in [2.75, 3.05) is 18.8 Å². The average molecular weight is 377 g/mol. The van der Waals surface area contributed by atoms with Gasteiger partial charge in [0.25, 0.3) is 0 Å². The van der Waals surface area contributed by atoms with E-state index in [1.807, 2.05) is 6.07 Å². The van der Waals surface area contributed by atoms with Crippen molar-refractivity contribution in [2.24, 2.45) is 0 Å². The van der Waals surface area contributed by atoms with Crippen LogP contribution in [0.5, 0.6) is 0 Å².